The maximum Gasteiger partial charge on any atom is 0.324 e. The van der Waals surface area contributed by atoms with Crippen molar-refractivity contribution in [2.24, 2.45) is 0 Å². The molecule has 80 valence electrons. The third-order valence-electron chi connectivity index (χ3n) is 2.25. The molecule has 2 rings (SSSR count). The summed E-state index contributed by atoms with van der Waals surface area (Å²) in [6.07, 6.45) is 3.62. The fourth-order valence-corrected chi connectivity index (χ4v) is 1.47. The predicted octanol–water partition coefficient (Wildman–Crippen LogP) is -0.257. The van der Waals surface area contributed by atoms with Gasteiger partial charge >= 0.3 is 6.03 Å². The standard InChI is InChI=1S/C9H12N4O2/c1-7-4-11-12(6-7)2-3-13-8(14)5-10-9(13)15/h4,6H,2-3,5H2,1H3,(H,10,15). The molecule has 1 aromatic heterocycles. The van der Waals surface area contributed by atoms with E-state index in [1.807, 2.05) is 13.1 Å². The minimum atomic E-state index is -0.316. The fourth-order valence-electron chi connectivity index (χ4n) is 1.47. The molecule has 1 N–H and O–H groups in total. The molecule has 0 radical (unpaired) electrons. The molecule has 1 aliphatic rings. The van der Waals surface area contributed by atoms with Crippen LogP contribution in [0.4, 0.5) is 4.79 Å². The zero-order valence-corrected chi connectivity index (χ0v) is 8.43. The average Bonchev–Trinajstić information content (AvgIpc) is 2.73. The second-order valence-electron chi connectivity index (χ2n) is 3.48. The lowest BCUT2D eigenvalue weighted by atomic mass is 10.4. The number of hydrogen-bond acceptors (Lipinski definition) is 3. The first-order valence-corrected chi connectivity index (χ1v) is 4.74. The Morgan fingerprint density at radius 2 is 2.27 bits per heavy atom. The molecule has 1 fully saturated rings. The Morgan fingerprint density at radius 1 is 1.47 bits per heavy atom. The molecule has 2 heterocycles. The summed E-state index contributed by atoms with van der Waals surface area (Å²) in [5.41, 5.74) is 1.06. The Hall–Kier alpha value is -1.85. The first-order chi connectivity index (χ1) is 7.16. The van der Waals surface area contributed by atoms with E-state index in [-0.39, 0.29) is 18.5 Å². The van der Waals surface area contributed by atoms with Gasteiger partial charge in [0.05, 0.1) is 25.8 Å². The maximum atomic E-state index is 11.2. The van der Waals surface area contributed by atoms with Gasteiger partial charge in [0.2, 0.25) is 5.91 Å². The molecular weight excluding hydrogens is 196 g/mol. The number of carbonyl (C=O) groups excluding carboxylic acids is 2. The molecule has 0 atom stereocenters. The summed E-state index contributed by atoms with van der Waals surface area (Å²) < 4.78 is 1.72. The van der Waals surface area contributed by atoms with Crippen LogP contribution < -0.4 is 5.32 Å². The van der Waals surface area contributed by atoms with Crippen LogP contribution in [0.2, 0.25) is 0 Å². The van der Waals surface area contributed by atoms with Crippen molar-refractivity contribution in [1.29, 1.82) is 0 Å². The molecule has 3 amide bonds. The van der Waals surface area contributed by atoms with Crippen LogP contribution in [-0.4, -0.2) is 39.7 Å². The molecule has 0 bridgehead atoms. The van der Waals surface area contributed by atoms with Gasteiger partial charge in [-0.3, -0.25) is 14.4 Å². The summed E-state index contributed by atoms with van der Waals surface area (Å²) in [6.45, 7) is 2.95. The molecular formula is C9H12N4O2. The summed E-state index contributed by atoms with van der Waals surface area (Å²) in [6, 6.07) is -0.316. The molecule has 15 heavy (non-hydrogen) atoms. The molecule has 6 heteroatoms. The summed E-state index contributed by atoms with van der Waals surface area (Å²) in [5, 5.41) is 6.54. The van der Waals surface area contributed by atoms with Crippen LogP contribution in [-0.2, 0) is 11.3 Å². The van der Waals surface area contributed by atoms with Gasteiger partial charge in [-0.15, -0.1) is 0 Å². The lowest BCUT2D eigenvalue weighted by Crippen LogP contribution is -2.33. The van der Waals surface area contributed by atoms with Gasteiger partial charge < -0.3 is 5.32 Å². The average molecular weight is 208 g/mol. The van der Waals surface area contributed by atoms with E-state index in [4.69, 9.17) is 0 Å². The van der Waals surface area contributed by atoms with Crippen molar-refractivity contribution < 1.29 is 9.59 Å². The Morgan fingerprint density at radius 3 is 2.80 bits per heavy atom. The molecule has 0 saturated carbocycles. The van der Waals surface area contributed by atoms with Crippen molar-refractivity contribution in [3.63, 3.8) is 0 Å². The minimum Gasteiger partial charge on any atom is -0.329 e. The Bertz CT molecular complexity index is 383. The Balaban J connectivity index is 1.93. The van der Waals surface area contributed by atoms with E-state index in [1.54, 1.807) is 10.9 Å². The van der Waals surface area contributed by atoms with Gasteiger partial charge in [0.15, 0.2) is 0 Å². The van der Waals surface area contributed by atoms with Gasteiger partial charge in [0.25, 0.3) is 0 Å². The Kier molecular flexibility index (Phi) is 2.40. The molecule has 1 aromatic rings. The number of nitrogens with one attached hydrogen (secondary N) is 1. The number of aromatic nitrogens is 2. The largest absolute Gasteiger partial charge is 0.329 e. The van der Waals surface area contributed by atoms with Gasteiger partial charge in [-0.1, -0.05) is 0 Å². The van der Waals surface area contributed by atoms with E-state index in [1.165, 1.54) is 4.90 Å². The number of hydrogen-bond donors (Lipinski definition) is 1. The van der Waals surface area contributed by atoms with Gasteiger partial charge in [-0.2, -0.15) is 5.10 Å². The zero-order valence-electron chi connectivity index (χ0n) is 8.43. The van der Waals surface area contributed by atoms with Crippen LogP contribution >= 0.6 is 0 Å². The van der Waals surface area contributed by atoms with E-state index in [9.17, 15) is 9.59 Å². The van der Waals surface area contributed by atoms with Crippen molar-refractivity contribution in [1.82, 2.24) is 20.0 Å². The first-order valence-electron chi connectivity index (χ1n) is 4.74. The van der Waals surface area contributed by atoms with Crippen molar-refractivity contribution in [3.8, 4) is 0 Å². The van der Waals surface area contributed by atoms with Crippen LogP contribution in [0.3, 0.4) is 0 Å². The molecule has 6 nitrogen and oxygen atoms in total. The highest BCUT2D eigenvalue weighted by Gasteiger charge is 2.27. The SMILES string of the molecule is Cc1cnn(CCN2C(=O)CNC2=O)c1. The number of imide groups is 1. The molecule has 0 spiro atoms. The lowest BCUT2D eigenvalue weighted by Gasteiger charge is -2.11. The highest BCUT2D eigenvalue weighted by Crippen LogP contribution is 2.00. The van der Waals surface area contributed by atoms with E-state index < -0.39 is 0 Å². The second kappa shape index (κ2) is 3.72. The van der Waals surface area contributed by atoms with E-state index >= 15 is 0 Å². The number of rotatable bonds is 3. The highest BCUT2D eigenvalue weighted by molar-refractivity contribution is 6.01. The van der Waals surface area contributed by atoms with Crippen LogP contribution in [0.15, 0.2) is 12.4 Å². The van der Waals surface area contributed by atoms with Gasteiger partial charge in [0.1, 0.15) is 0 Å². The molecule has 0 aliphatic carbocycles. The lowest BCUT2D eigenvalue weighted by molar-refractivity contribution is -0.125. The third kappa shape index (κ3) is 1.98. The fraction of sp³-hybridized carbons (Fsp3) is 0.444. The van der Waals surface area contributed by atoms with Crippen LogP contribution in [0.25, 0.3) is 0 Å². The van der Waals surface area contributed by atoms with Crippen molar-refractivity contribution in [2.45, 2.75) is 13.5 Å². The summed E-state index contributed by atoms with van der Waals surface area (Å²) >= 11 is 0. The van der Waals surface area contributed by atoms with Crippen molar-refractivity contribution >= 4 is 11.9 Å². The van der Waals surface area contributed by atoms with Crippen LogP contribution in [0.1, 0.15) is 5.56 Å². The topological polar surface area (TPSA) is 67.2 Å². The minimum absolute atomic E-state index is 0.108. The number of amides is 3. The predicted molar refractivity (Wildman–Crippen MR) is 52.1 cm³/mol. The summed E-state index contributed by atoms with van der Waals surface area (Å²) in [5.74, 6) is -0.177. The molecule has 1 saturated heterocycles. The number of carbonyl (C=O) groups is 2. The number of urea groups is 1. The molecule has 1 aliphatic heterocycles. The molecule has 0 unspecified atom stereocenters. The second-order valence-corrected chi connectivity index (χ2v) is 3.48. The van der Waals surface area contributed by atoms with E-state index in [0.29, 0.717) is 13.1 Å². The highest BCUT2D eigenvalue weighted by atomic mass is 16.2. The smallest absolute Gasteiger partial charge is 0.324 e. The normalized spacial score (nSPS) is 15.9. The van der Waals surface area contributed by atoms with Gasteiger partial charge in [-0.25, -0.2) is 4.79 Å². The van der Waals surface area contributed by atoms with Crippen LogP contribution in [0, 0.1) is 6.92 Å². The van der Waals surface area contributed by atoms with Gasteiger partial charge in [0, 0.05) is 6.20 Å². The van der Waals surface area contributed by atoms with E-state index in [2.05, 4.69) is 10.4 Å². The Labute approximate surface area is 86.9 Å². The first kappa shape index (κ1) is 9.70. The molecule has 0 aromatic carbocycles. The number of aryl methyl sites for hydroxylation is 1. The van der Waals surface area contributed by atoms with Gasteiger partial charge in [-0.05, 0) is 12.5 Å². The summed E-state index contributed by atoms with van der Waals surface area (Å²) in [7, 11) is 0. The maximum absolute atomic E-state index is 11.2. The quantitative estimate of drug-likeness (QED) is 0.696. The third-order valence-corrected chi connectivity index (χ3v) is 2.25. The monoisotopic (exact) mass is 208 g/mol. The summed E-state index contributed by atoms with van der Waals surface area (Å²) in [4.78, 5) is 23.6. The van der Waals surface area contributed by atoms with Crippen molar-refractivity contribution in [3.05, 3.63) is 18.0 Å². The zero-order chi connectivity index (χ0) is 10.8. The number of nitrogens with zero attached hydrogens (tertiary/aromatic N) is 3. The van der Waals surface area contributed by atoms with Crippen molar-refractivity contribution in [2.75, 3.05) is 13.1 Å². The van der Waals surface area contributed by atoms with Crippen LogP contribution in [0.5, 0.6) is 0 Å². The van der Waals surface area contributed by atoms with E-state index in [0.717, 1.165) is 5.56 Å².